The van der Waals surface area contributed by atoms with Crippen LogP contribution in [0.4, 0.5) is 5.69 Å². The van der Waals surface area contributed by atoms with Gasteiger partial charge in [0.25, 0.3) is 0 Å². The second-order valence-electron chi connectivity index (χ2n) is 2.70. The third-order valence-electron chi connectivity index (χ3n) is 1.92. The summed E-state index contributed by atoms with van der Waals surface area (Å²) in [4.78, 5) is 4.07. The van der Waals surface area contributed by atoms with E-state index < -0.39 is 0 Å². The molecule has 0 aromatic carbocycles. The highest BCUT2D eigenvalue weighted by Crippen LogP contribution is 2.20. The van der Waals surface area contributed by atoms with E-state index in [0.717, 1.165) is 5.39 Å². The number of hydrogen-bond donors (Lipinski definition) is 1. The molecule has 0 amide bonds. The molecule has 0 aliphatic heterocycles. The van der Waals surface area contributed by atoms with Crippen LogP contribution in [0.25, 0.3) is 11.0 Å². The van der Waals surface area contributed by atoms with E-state index in [1.807, 2.05) is 6.07 Å². The molecule has 0 fully saturated rings. The minimum absolute atomic E-state index is 0.389. The molecule has 2 N–H and O–H groups in total. The van der Waals surface area contributed by atoms with Crippen LogP contribution >= 0.6 is 0 Å². The summed E-state index contributed by atoms with van der Waals surface area (Å²) < 4.78 is 1.62. The Labute approximate surface area is 74.4 Å². The van der Waals surface area contributed by atoms with Crippen molar-refractivity contribution in [2.75, 3.05) is 5.73 Å². The first-order chi connectivity index (χ1) is 6.24. The van der Waals surface area contributed by atoms with E-state index in [1.54, 1.807) is 17.9 Å². The number of hydrogen-bond acceptors (Lipinski definition) is 4. The van der Waals surface area contributed by atoms with Gasteiger partial charge in [-0.05, 0) is 0 Å². The van der Waals surface area contributed by atoms with Crippen molar-refractivity contribution in [3.63, 3.8) is 0 Å². The zero-order valence-electron chi connectivity index (χ0n) is 7.02. The van der Waals surface area contributed by atoms with Gasteiger partial charge in [0, 0.05) is 13.2 Å². The molecule has 2 aromatic heterocycles. The van der Waals surface area contributed by atoms with Crippen molar-refractivity contribution < 1.29 is 0 Å². The number of nitrogens with two attached hydrogens (primary N) is 1. The van der Waals surface area contributed by atoms with Crippen LogP contribution in [0.3, 0.4) is 0 Å². The molecular formula is C8H7N5. The predicted octanol–water partition coefficient (Wildman–Crippen LogP) is 0.422. The topological polar surface area (TPSA) is 80.5 Å². The number of nitrogen functional groups attached to an aromatic ring is 1. The maximum absolute atomic E-state index is 8.69. The van der Waals surface area contributed by atoms with Crippen LogP contribution in [0.15, 0.2) is 12.4 Å². The number of anilines is 1. The van der Waals surface area contributed by atoms with Crippen LogP contribution in [0.5, 0.6) is 0 Å². The molecule has 0 unspecified atom stereocenters. The standard InChI is InChI=1S/C8H7N5/c1-13-8-6(4-12-13)7(10)5(2-9)3-11-8/h3-4H,1H3,(H2,10,11). The Balaban J connectivity index is 2.90. The van der Waals surface area contributed by atoms with Gasteiger partial charge in [0.15, 0.2) is 5.65 Å². The quantitative estimate of drug-likeness (QED) is 0.626. The second-order valence-corrected chi connectivity index (χ2v) is 2.70. The minimum Gasteiger partial charge on any atom is -0.397 e. The third kappa shape index (κ3) is 0.924. The fourth-order valence-electron chi connectivity index (χ4n) is 1.20. The molecule has 0 radical (unpaired) electrons. The molecule has 0 spiro atoms. The first-order valence-electron chi connectivity index (χ1n) is 3.70. The van der Waals surface area contributed by atoms with E-state index in [0.29, 0.717) is 16.9 Å². The summed E-state index contributed by atoms with van der Waals surface area (Å²) in [6.07, 6.45) is 3.07. The van der Waals surface area contributed by atoms with Crippen LogP contribution in [0.2, 0.25) is 0 Å². The lowest BCUT2D eigenvalue weighted by atomic mass is 10.2. The van der Waals surface area contributed by atoms with Crippen molar-refractivity contribution >= 4 is 16.7 Å². The number of nitrogens with zero attached hydrogens (tertiary/aromatic N) is 4. The van der Waals surface area contributed by atoms with E-state index in [-0.39, 0.29) is 0 Å². The summed E-state index contributed by atoms with van der Waals surface area (Å²) in [5, 5.41) is 13.4. The molecule has 5 nitrogen and oxygen atoms in total. The molecule has 0 saturated heterocycles. The number of fused-ring (bicyclic) bond motifs is 1. The Kier molecular flexibility index (Phi) is 1.43. The Hall–Kier alpha value is -2.09. The van der Waals surface area contributed by atoms with Gasteiger partial charge in [0.2, 0.25) is 0 Å². The number of rotatable bonds is 0. The molecule has 64 valence electrons. The van der Waals surface area contributed by atoms with Crippen molar-refractivity contribution in [3.8, 4) is 6.07 Å². The number of nitriles is 1. The summed E-state index contributed by atoms with van der Waals surface area (Å²) in [6.45, 7) is 0. The lowest BCUT2D eigenvalue weighted by Crippen LogP contribution is -1.95. The van der Waals surface area contributed by atoms with Gasteiger partial charge in [-0.2, -0.15) is 10.4 Å². The lowest BCUT2D eigenvalue weighted by molar-refractivity contribution is 0.786. The fourth-order valence-corrected chi connectivity index (χ4v) is 1.20. The largest absolute Gasteiger partial charge is 0.397 e. The highest BCUT2D eigenvalue weighted by atomic mass is 15.3. The van der Waals surface area contributed by atoms with Gasteiger partial charge in [0.05, 0.1) is 22.8 Å². The normalized spacial score (nSPS) is 10.2. The zero-order valence-corrected chi connectivity index (χ0v) is 7.02. The monoisotopic (exact) mass is 173 g/mol. The number of aryl methyl sites for hydroxylation is 1. The maximum Gasteiger partial charge on any atom is 0.159 e. The van der Waals surface area contributed by atoms with E-state index in [9.17, 15) is 0 Å². The molecule has 0 aliphatic rings. The molecule has 0 saturated carbocycles. The Morgan fingerprint density at radius 2 is 2.31 bits per heavy atom. The van der Waals surface area contributed by atoms with Crippen molar-refractivity contribution in [1.82, 2.24) is 14.8 Å². The lowest BCUT2D eigenvalue weighted by Gasteiger charge is -1.97. The van der Waals surface area contributed by atoms with Crippen LogP contribution in [0, 0.1) is 11.3 Å². The molecule has 0 aliphatic carbocycles. The van der Waals surface area contributed by atoms with Gasteiger partial charge in [-0.25, -0.2) is 4.98 Å². The van der Waals surface area contributed by atoms with Crippen LogP contribution in [0.1, 0.15) is 5.56 Å². The average Bonchev–Trinajstić information content (AvgIpc) is 2.50. The summed E-state index contributed by atoms with van der Waals surface area (Å²) in [5.74, 6) is 0. The highest BCUT2D eigenvalue weighted by molar-refractivity contribution is 5.90. The van der Waals surface area contributed by atoms with Crippen LogP contribution in [-0.2, 0) is 7.05 Å². The molecular weight excluding hydrogens is 166 g/mol. The van der Waals surface area contributed by atoms with Gasteiger partial charge >= 0.3 is 0 Å². The van der Waals surface area contributed by atoms with Crippen LogP contribution in [-0.4, -0.2) is 14.8 Å². The van der Waals surface area contributed by atoms with Crippen molar-refractivity contribution in [2.45, 2.75) is 0 Å². The molecule has 0 bridgehead atoms. The van der Waals surface area contributed by atoms with Gasteiger partial charge in [-0.1, -0.05) is 0 Å². The van der Waals surface area contributed by atoms with E-state index >= 15 is 0 Å². The molecule has 0 atom stereocenters. The molecule has 2 rings (SSSR count). The average molecular weight is 173 g/mol. The number of aromatic nitrogens is 3. The number of pyridine rings is 1. The predicted molar refractivity (Wildman–Crippen MR) is 47.6 cm³/mol. The Morgan fingerprint density at radius 1 is 1.54 bits per heavy atom. The van der Waals surface area contributed by atoms with Gasteiger partial charge in [0.1, 0.15) is 6.07 Å². The second kappa shape index (κ2) is 2.45. The van der Waals surface area contributed by atoms with Crippen molar-refractivity contribution in [2.24, 2.45) is 7.05 Å². The SMILES string of the molecule is Cn1ncc2c(N)c(C#N)cnc21. The van der Waals surface area contributed by atoms with Gasteiger partial charge < -0.3 is 5.73 Å². The van der Waals surface area contributed by atoms with Crippen molar-refractivity contribution in [3.05, 3.63) is 18.0 Å². The summed E-state index contributed by atoms with van der Waals surface area (Å²) in [5.41, 5.74) is 7.25. The summed E-state index contributed by atoms with van der Waals surface area (Å²) >= 11 is 0. The highest BCUT2D eigenvalue weighted by Gasteiger charge is 2.07. The summed E-state index contributed by atoms with van der Waals surface area (Å²) in [7, 11) is 1.78. The van der Waals surface area contributed by atoms with Gasteiger partial charge in [-0.3, -0.25) is 4.68 Å². The molecule has 2 aromatic rings. The molecule has 2 heterocycles. The molecule has 13 heavy (non-hydrogen) atoms. The van der Waals surface area contributed by atoms with E-state index in [1.165, 1.54) is 6.20 Å². The third-order valence-corrected chi connectivity index (χ3v) is 1.92. The van der Waals surface area contributed by atoms with Gasteiger partial charge in [-0.15, -0.1) is 0 Å². The zero-order chi connectivity index (χ0) is 9.42. The molecule has 5 heteroatoms. The smallest absolute Gasteiger partial charge is 0.159 e. The summed E-state index contributed by atoms with van der Waals surface area (Å²) in [6, 6.07) is 1.97. The van der Waals surface area contributed by atoms with E-state index in [2.05, 4.69) is 10.1 Å². The fraction of sp³-hybridized carbons (Fsp3) is 0.125. The van der Waals surface area contributed by atoms with E-state index in [4.69, 9.17) is 11.0 Å². The maximum atomic E-state index is 8.69. The Bertz CT molecular complexity index is 505. The van der Waals surface area contributed by atoms with Crippen LogP contribution < -0.4 is 5.73 Å². The Morgan fingerprint density at radius 3 is 3.00 bits per heavy atom. The first-order valence-corrected chi connectivity index (χ1v) is 3.70. The van der Waals surface area contributed by atoms with Crippen molar-refractivity contribution in [1.29, 1.82) is 5.26 Å². The first kappa shape index (κ1) is 7.55. The minimum atomic E-state index is 0.389.